The van der Waals surface area contributed by atoms with Crippen LogP contribution in [0.2, 0.25) is 5.02 Å². The largest absolute Gasteiger partial charge is 0.313 e. The van der Waals surface area contributed by atoms with Crippen LogP contribution in [0.4, 0.5) is 0 Å². The fourth-order valence-corrected chi connectivity index (χ4v) is 2.91. The molecule has 0 unspecified atom stereocenters. The molecule has 0 saturated carbocycles. The van der Waals surface area contributed by atoms with Gasteiger partial charge in [-0.05, 0) is 42.3 Å². The highest BCUT2D eigenvalue weighted by Crippen LogP contribution is 2.25. The molecule has 0 bridgehead atoms. The van der Waals surface area contributed by atoms with Crippen molar-refractivity contribution in [2.24, 2.45) is 0 Å². The van der Waals surface area contributed by atoms with Gasteiger partial charge in [-0.25, -0.2) is 4.98 Å². The van der Waals surface area contributed by atoms with E-state index in [2.05, 4.69) is 42.3 Å². The van der Waals surface area contributed by atoms with Crippen molar-refractivity contribution in [3.05, 3.63) is 58.2 Å². The highest BCUT2D eigenvalue weighted by Gasteiger charge is 2.03. The van der Waals surface area contributed by atoms with E-state index < -0.39 is 0 Å². The zero-order valence-electron chi connectivity index (χ0n) is 11.8. The highest BCUT2D eigenvalue weighted by atomic mass is 35.5. The van der Waals surface area contributed by atoms with Crippen molar-refractivity contribution in [2.75, 3.05) is 6.54 Å². The van der Waals surface area contributed by atoms with Crippen molar-refractivity contribution in [3.63, 3.8) is 0 Å². The first kappa shape index (κ1) is 15.4. The number of halogens is 1. The molecular weight excluding hydrogens is 288 g/mol. The van der Waals surface area contributed by atoms with Gasteiger partial charge in [0.1, 0.15) is 0 Å². The third kappa shape index (κ3) is 4.51. The lowest BCUT2D eigenvalue weighted by Crippen LogP contribution is -2.12. The van der Waals surface area contributed by atoms with Crippen LogP contribution in [0.5, 0.6) is 0 Å². The Morgan fingerprint density at radius 1 is 1.20 bits per heavy atom. The molecule has 0 amide bonds. The summed E-state index contributed by atoms with van der Waals surface area (Å²) in [5.74, 6) is 0.914. The number of pyridine rings is 1. The van der Waals surface area contributed by atoms with E-state index in [0.29, 0.717) is 0 Å². The Kier molecular flexibility index (Phi) is 5.89. The minimum atomic E-state index is 0.779. The fourth-order valence-electron chi connectivity index (χ4n) is 1.87. The smallest absolute Gasteiger partial charge is 0.0992 e. The molecule has 1 aromatic carbocycles. The van der Waals surface area contributed by atoms with E-state index in [9.17, 15) is 0 Å². The van der Waals surface area contributed by atoms with Crippen LogP contribution in [0.1, 0.15) is 23.6 Å². The lowest BCUT2D eigenvalue weighted by molar-refractivity contribution is 0.721. The third-order valence-corrected chi connectivity index (χ3v) is 4.39. The van der Waals surface area contributed by atoms with Gasteiger partial charge in [-0.1, -0.05) is 36.7 Å². The summed E-state index contributed by atoms with van der Waals surface area (Å²) >= 11 is 7.65. The summed E-state index contributed by atoms with van der Waals surface area (Å²) in [6, 6.07) is 10.2. The predicted molar refractivity (Wildman–Crippen MR) is 87.4 cm³/mol. The number of nitrogens with one attached hydrogen (secondary N) is 1. The fraction of sp³-hybridized carbons (Fsp3) is 0.312. The van der Waals surface area contributed by atoms with Gasteiger partial charge in [-0.3, -0.25) is 0 Å². The maximum atomic E-state index is 5.89. The number of benzene rings is 1. The van der Waals surface area contributed by atoms with Gasteiger partial charge < -0.3 is 5.32 Å². The number of hydrogen-bond donors (Lipinski definition) is 1. The highest BCUT2D eigenvalue weighted by molar-refractivity contribution is 7.98. The first-order valence-corrected chi connectivity index (χ1v) is 8.09. The van der Waals surface area contributed by atoms with Gasteiger partial charge >= 0.3 is 0 Å². The van der Waals surface area contributed by atoms with Crippen molar-refractivity contribution < 1.29 is 0 Å². The van der Waals surface area contributed by atoms with E-state index in [1.54, 1.807) is 11.8 Å². The molecular formula is C16H19ClN2S. The van der Waals surface area contributed by atoms with Crippen LogP contribution >= 0.6 is 23.4 Å². The van der Waals surface area contributed by atoms with Crippen LogP contribution in [0.3, 0.4) is 0 Å². The van der Waals surface area contributed by atoms with Gasteiger partial charge in [0.05, 0.1) is 5.03 Å². The number of hydrogen-bond acceptors (Lipinski definition) is 3. The molecule has 0 saturated heterocycles. The number of aryl methyl sites for hydroxylation is 1. The van der Waals surface area contributed by atoms with Crippen molar-refractivity contribution in [2.45, 2.75) is 31.2 Å². The summed E-state index contributed by atoms with van der Waals surface area (Å²) < 4.78 is 0. The molecule has 0 aliphatic rings. The molecule has 2 nitrogen and oxygen atoms in total. The second-order valence-electron chi connectivity index (χ2n) is 4.66. The summed E-state index contributed by atoms with van der Waals surface area (Å²) in [6.07, 6.45) is 1.96. The first-order valence-electron chi connectivity index (χ1n) is 6.72. The molecule has 4 heteroatoms. The molecule has 20 heavy (non-hydrogen) atoms. The number of nitrogens with zero attached hydrogens (tertiary/aromatic N) is 1. The topological polar surface area (TPSA) is 24.9 Å². The average molecular weight is 307 g/mol. The first-order chi connectivity index (χ1) is 9.69. The summed E-state index contributed by atoms with van der Waals surface area (Å²) in [4.78, 5) is 4.56. The number of rotatable bonds is 6. The van der Waals surface area contributed by atoms with E-state index in [4.69, 9.17) is 11.6 Å². The molecule has 0 spiro atoms. The Balaban J connectivity index is 1.97. The molecule has 1 N–H and O–H groups in total. The average Bonchev–Trinajstić information content (AvgIpc) is 2.46. The Hall–Kier alpha value is -1.03. The van der Waals surface area contributed by atoms with E-state index >= 15 is 0 Å². The third-order valence-electron chi connectivity index (χ3n) is 2.95. The molecule has 0 aliphatic heterocycles. The second-order valence-corrected chi connectivity index (χ2v) is 6.06. The van der Waals surface area contributed by atoms with Gasteiger partial charge in [-0.2, -0.15) is 0 Å². The molecule has 106 valence electrons. The maximum absolute atomic E-state index is 5.89. The molecule has 0 aliphatic carbocycles. The van der Waals surface area contributed by atoms with E-state index in [1.807, 2.05) is 18.3 Å². The lowest BCUT2D eigenvalue weighted by Gasteiger charge is -2.08. The summed E-state index contributed by atoms with van der Waals surface area (Å²) in [5, 5.41) is 5.19. The van der Waals surface area contributed by atoms with Gasteiger partial charge in [0.25, 0.3) is 0 Å². The number of thioether (sulfide) groups is 1. The van der Waals surface area contributed by atoms with Crippen LogP contribution in [-0.2, 0) is 12.3 Å². The standard InChI is InChI=1S/C16H19ClN2S/c1-3-18-9-14-8-12(2)16(19-10-14)20-11-13-4-6-15(17)7-5-13/h4-8,10,18H,3,9,11H2,1-2H3. The van der Waals surface area contributed by atoms with Gasteiger partial charge in [0.2, 0.25) is 0 Å². The van der Waals surface area contributed by atoms with Crippen LogP contribution in [0.15, 0.2) is 41.6 Å². The van der Waals surface area contributed by atoms with Crippen LogP contribution in [-0.4, -0.2) is 11.5 Å². The van der Waals surface area contributed by atoms with Crippen LogP contribution in [0, 0.1) is 6.92 Å². The molecule has 0 radical (unpaired) electrons. The van der Waals surface area contributed by atoms with Crippen molar-refractivity contribution >= 4 is 23.4 Å². The summed E-state index contributed by atoms with van der Waals surface area (Å²) in [7, 11) is 0. The van der Waals surface area contributed by atoms with Crippen LogP contribution in [0.25, 0.3) is 0 Å². The van der Waals surface area contributed by atoms with Gasteiger partial charge in [-0.15, -0.1) is 11.8 Å². The van der Waals surface area contributed by atoms with Crippen molar-refractivity contribution in [1.82, 2.24) is 10.3 Å². The SMILES string of the molecule is CCNCc1cnc(SCc2ccc(Cl)cc2)c(C)c1. The summed E-state index contributed by atoms with van der Waals surface area (Å²) in [5.41, 5.74) is 3.73. The molecule has 1 heterocycles. The Morgan fingerprint density at radius 2 is 1.95 bits per heavy atom. The zero-order chi connectivity index (χ0) is 14.4. The van der Waals surface area contributed by atoms with E-state index in [-0.39, 0.29) is 0 Å². The lowest BCUT2D eigenvalue weighted by atomic mass is 10.2. The Labute approximate surface area is 130 Å². The van der Waals surface area contributed by atoms with E-state index in [0.717, 1.165) is 28.9 Å². The minimum Gasteiger partial charge on any atom is -0.313 e. The molecule has 2 aromatic rings. The minimum absolute atomic E-state index is 0.779. The monoisotopic (exact) mass is 306 g/mol. The molecule has 0 fully saturated rings. The van der Waals surface area contributed by atoms with Crippen LogP contribution < -0.4 is 5.32 Å². The van der Waals surface area contributed by atoms with Gasteiger partial charge in [0.15, 0.2) is 0 Å². The normalized spacial score (nSPS) is 10.8. The van der Waals surface area contributed by atoms with Crippen molar-refractivity contribution in [1.29, 1.82) is 0 Å². The predicted octanol–water partition coefficient (Wildman–Crippen LogP) is 4.45. The quantitative estimate of drug-likeness (QED) is 0.798. The summed E-state index contributed by atoms with van der Waals surface area (Å²) in [6.45, 7) is 6.09. The van der Waals surface area contributed by atoms with E-state index in [1.165, 1.54) is 16.7 Å². The van der Waals surface area contributed by atoms with Crippen molar-refractivity contribution in [3.8, 4) is 0 Å². The molecule has 0 atom stereocenters. The van der Waals surface area contributed by atoms with Gasteiger partial charge in [0, 0.05) is 23.5 Å². The molecule has 1 aromatic heterocycles. The number of aromatic nitrogens is 1. The maximum Gasteiger partial charge on any atom is 0.0992 e. The second kappa shape index (κ2) is 7.67. The Bertz CT molecular complexity index is 555. The zero-order valence-corrected chi connectivity index (χ0v) is 13.4. The Morgan fingerprint density at radius 3 is 2.60 bits per heavy atom. The molecule has 2 rings (SSSR count).